The van der Waals surface area contributed by atoms with Gasteiger partial charge >= 0.3 is 0 Å². The molecule has 0 bridgehead atoms. The lowest BCUT2D eigenvalue weighted by atomic mass is 9.70. The predicted octanol–water partition coefficient (Wildman–Crippen LogP) is 8.18. The number of anilines is 1. The van der Waals surface area contributed by atoms with Crippen LogP contribution in [0.3, 0.4) is 0 Å². The Morgan fingerprint density at radius 1 is 1.00 bits per heavy atom. The average molecular weight is 953 g/mol. The van der Waals surface area contributed by atoms with Gasteiger partial charge in [-0.1, -0.05) is 91.1 Å². The van der Waals surface area contributed by atoms with Crippen LogP contribution in [-0.4, -0.2) is 106 Å². The van der Waals surface area contributed by atoms with Crippen LogP contribution in [0.15, 0.2) is 60.1 Å². The van der Waals surface area contributed by atoms with E-state index in [4.69, 9.17) is 0 Å². The van der Waals surface area contributed by atoms with E-state index in [9.17, 15) is 29.5 Å². The molecular weight excluding hydrogens is 885 g/mol. The number of unbranched alkanes of at least 4 members (excludes halogenated alkanes) is 4. The van der Waals surface area contributed by atoms with Crippen molar-refractivity contribution < 1.29 is 24.3 Å². The first kappa shape index (κ1) is 49.5. The first-order chi connectivity index (χ1) is 33.0. The SMILES string of the molecule is CCc1cc2c(cc1N1CCN(CCCCCCCC(=O)N[C@H](C(=O)N3C[C@H](O)C[C@H]3C(=O)NCc3ccc(-c4scnc4C)cc3)C(C)(C)C)CC1)C(C)(C)c1[nH]c3cc(C#N)ccc3c1C2=O. The van der Waals surface area contributed by atoms with Crippen LogP contribution in [0, 0.1) is 23.7 Å². The fourth-order valence-electron chi connectivity index (χ4n) is 10.5. The molecule has 14 heteroatoms. The number of nitrogens with one attached hydrogen (secondary N) is 3. The van der Waals surface area contributed by atoms with Crippen LogP contribution < -0.4 is 15.5 Å². The van der Waals surface area contributed by atoms with Gasteiger partial charge in [-0.05, 0) is 84.7 Å². The zero-order valence-electron chi connectivity index (χ0n) is 41.3. The third-order valence-corrected chi connectivity index (χ3v) is 15.6. The summed E-state index contributed by atoms with van der Waals surface area (Å²) in [5.41, 5.74) is 11.0. The van der Waals surface area contributed by atoms with Crippen LogP contribution in [0.2, 0.25) is 0 Å². The zero-order chi connectivity index (χ0) is 49.2. The van der Waals surface area contributed by atoms with Crippen molar-refractivity contribution in [2.24, 2.45) is 5.41 Å². The molecule has 4 N–H and O–H groups in total. The van der Waals surface area contributed by atoms with Crippen molar-refractivity contribution in [3.8, 4) is 16.5 Å². The molecule has 2 saturated heterocycles. The number of rotatable bonds is 16. The van der Waals surface area contributed by atoms with Crippen molar-refractivity contribution >= 4 is 51.4 Å². The number of H-pyrrole nitrogens is 1. The van der Waals surface area contributed by atoms with E-state index in [0.29, 0.717) is 12.0 Å². The number of amides is 3. The number of hydrogen-bond donors (Lipinski definition) is 4. The summed E-state index contributed by atoms with van der Waals surface area (Å²) in [4.78, 5) is 70.5. The van der Waals surface area contributed by atoms with Gasteiger partial charge < -0.3 is 30.5 Å². The molecule has 5 aromatic rings. The van der Waals surface area contributed by atoms with Gasteiger partial charge in [0.05, 0.1) is 39.4 Å². The van der Waals surface area contributed by atoms with E-state index in [-0.39, 0.29) is 43.0 Å². The van der Waals surface area contributed by atoms with Gasteiger partial charge in [0.15, 0.2) is 5.78 Å². The summed E-state index contributed by atoms with van der Waals surface area (Å²) in [5.74, 6) is -0.821. The highest BCUT2D eigenvalue weighted by Gasteiger charge is 2.45. The normalized spacial score (nSPS) is 18.4. The van der Waals surface area contributed by atoms with Crippen LogP contribution in [0.25, 0.3) is 21.3 Å². The third-order valence-electron chi connectivity index (χ3n) is 14.6. The fourth-order valence-corrected chi connectivity index (χ4v) is 11.3. The number of β-amino-alcohol motifs (C(OH)–C–C–N with tert-alkyl or cyclic N) is 1. The molecule has 364 valence electrons. The number of carbonyl (C=O) groups excluding carboxylic acids is 4. The molecule has 8 rings (SSSR count). The van der Waals surface area contributed by atoms with Crippen molar-refractivity contribution in [1.29, 1.82) is 5.26 Å². The van der Waals surface area contributed by atoms with Gasteiger partial charge in [-0.3, -0.25) is 24.1 Å². The van der Waals surface area contributed by atoms with Crippen molar-refractivity contribution in [1.82, 2.24) is 30.4 Å². The van der Waals surface area contributed by atoms with Crippen LogP contribution in [-0.2, 0) is 32.8 Å². The topological polar surface area (TPSA) is 175 Å². The molecule has 3 atom stereocenters. The van der Waals surface area contributed by atoms with Gasteiger partial charge in [-0.15, -0.1) is 11.3 Å². The molecular formula is C55H68N8O5S. The summed E-state index contributed by atoms with van der Waals surface area (Å²) in [6, 6.07) is 18.4. The summed E-state index contributed by atoms with van der Waals surface area (Å²) >= 11 is 1.59. The average Bonchev–Trinajstić information content (AvgIpc) is 4.07. The number of thiazole rings is 1. The number of aromatic amines is 1. The Bertz CT molecular complexity index is 2750. The third kappa shape index (κ3) is 10.5. The van der Waals surface area contributed by atoms with E-state index < -0.39 is 29.0 Å². The molecule has 0 spiro atoms. The molecule has 0 unspecified atom stereocenters. The molecule has 13 nitrogen and oxygen atoms in total. The molecule has 69 heavy (non-hydrogen) atoms. The molecule has 3 aromatic carbocycles. The lowest BCUT2D eigenvalue weighted by molar-refractivity contribution is -0.144. The Morgan fingerprint density at radius 2 is 1.72 bits per heavy atom. The fraction of sp³-hybridized carbons (Fsp3) is 0.491. The van der Waals surface area contributed by atoms with Gasteiger partial charge in [-0.25, -0.2) is 4.98 Å². The first-order valence-electron chi connectivity index (χ1n) is 24.8. The molecule has 2 aliphatic heterocycles. The number of aryl methyl sites for hydroxylation is 2. The molecule has 3 aliphatic rings. The number of ketones is 1. The largest absolute Gasteiger partial charge is 0.391 e. The summed E-state index contributed by atoms with van der Waals surface area (Å²) < 4.78 is 0. The smallest absolute Gasteiger partial charge is 0.246 e. The summed E-state index contributed by atoms with van der Waals surface area (Å²) in [6.45, 7) is 19.3. The van der Waals surface area contributed by atoms with E-state index in [0.717, 1.165) is 126 Å². The summed E-state index contributed by atoms with van der Waals surface area (Å²) in [7, 11) is 0. The predicted molar refractivity (Wildman–Crippen MR) is 272 cm³/mol. The number of piperazine rings is 1. The number of fused-ring (bicyclic) bond motifs is 4. The van der Waals surface area contributed by atoms with Crippen LogP contribution >= 0.6 is 11.3 Å². The molecule has 2 fully saturated rings. The van der Waals surface area contributed by atoms with Gasteiger partial charge in [0.2, 0.25) is 17.7 Å². The van der Waals surface area contributed by atoms with Crippen LogP contribution in [0.5, 0.6) is 0 Å². The molecule has 1 aliphatic carbocycles. The summed E-state index contributed by atoms with van der Waals surface area (Å²) in [5, 5.41) is 27.0. The van der Waals surface area contributed by atoms with E-state index in [1.807, 2.05) is 69.6 Å². The number of aliphatic hydroxyl groups excluding tert-OH is 1. The van der Waals surface area contributed by atoms with E-state index in [1.165, 1.54) is 16.2 Å². The maximum Gasteiger partial charge on any atom is 0.246 e. The molecule has 3 amide bonds. The number of nitriles is 1. The number of benzene rings is 3. The second-order valence-electron chi connectivity index (χ2n) is 20.9. The minimum absolute atomic E-state index is 0.0368. The van der Waals surface area contributed by atoms with E-state index >= 15 is 0 Å². The van der Waals surface area contributed by atoms with E-state index in [2.05, 4.69) is 69.4 Å². The van der Waals surface area contributed by atoms with Crippen molar-refractivity contribution in [2.75, 3.05) is 44.2 Å². The Labute approximate surface area is 410 Å². The molecule has 0 radical (unpaired) electrons. The number of nitrogens with zero attached hydrogens (tertiary/aromatic N) is 5. The Morgan fingerprint density at radius 3 is 2.41 bits per heavy atom. The van der Waals surface area contributed by atoms with Crippen LogP contribution in [0.4, 0.5) is 5.69 Å². The second-order valence-corrected chi connectivity index (χ2v) is 21.7. The van der Waals surface area contributed by atoms with Crippen molar-refractivity contribution in [2.45, 2.75) is 130 Å². The quantitative estimate of drug-likeness (QED) is 0.0712. The standard InChI is InChI=1S/C55H68N8O5S/c1-8-37-27-41-42(55(6,7)50-47(48(41)66)40-20-17-36(30-56)26-43(40)59-50)29-44(37)62-24-22-61(23-25-62)21-13-11-9-10-12-14-46(65)60-51(54(3,4)5)53(68)63-32-39(64)28-45(63)52(67)57-31-35-15-18-38(19-16-35)49-34(2)58-33-69-49/h15-20,26-27,29,33,39,45,51,59,64H,8-14,21-25,28,31-32H2,1-7H3,(H,57,67)(H,60,65)/t39-,45+,51-/m1/s1. The van der Waals surface area contributed by atoms with Gasteiger partial charge in [0.25, 0.3) is 0 Å². The highest BCUT2D eigenvalue weighted by atomic mass is 32.1. The zero-order valence-corrected chi connectivity index (χ0v) is 42.2. The van der Waals surface area contributed by atoms with Gasteiger partial charge in [0, 0.05) is 85.4 Å². The highest BCUT2D eigenvalue weighted by Crippen LogP contribution is 2.46. The summed E-state index contributed by atoms with van der Waals surface area (Å²) in [6.07, 6.45) is 5.28. The lowest BCUT2D eigenvalue weighted by Crippen LogP contribution is -2.57. The maximum atomic E-state index is 14.1. The number of likely N-dealkylation sites (tertiary alicyclic amines) is 1. The second kappa shape index (κ2) is 20.6. The Kier molecular flexibility index (Phi) is 14.8. The number of aromatic nitrogens is 2. The van der Waals surface area contributed by atoms with E-state index in [1.54, 1.807) is 17.4 Å². The lowest BCUT2D eigenvalue weighted by Gasteiger charge is -2.39. The maximum absolute atomic E-state index is 14.1. The molecule has 2 aromatic heterocycles. The van der Waals surface area contributed by atoms with Crippen molar-refractivity contribution in [3.05, 3.63) is 105 Å². The number of hydrogen-bond acceptors (Lipinski definition) is 10. The molecule has 0 saturated carbocycles. The van der Waals surface area contributed by atoms with Gasteiger partial charge in [0.1, 0.15) is 12.1 Å². The first-order valence-corrected chi connectivity index (χ1v) is 25.7. The monoisotopic (exact) mass is 953 g/mol. The number of aliphatic hydroxyl groups is 1. The Balaban J connectivity index is 0.766. The highest BCUT2D eigenvalue weighted by molar-refractivity contribution is 7.13. The van der Waals surface area contributed by atoms with Crippen molar-refractivity contribution in [3.63, 3.8) is 0 Å². The Hall–Kier alpha value is -5.88. The number of carbonyl (C=O) groups is 4. The molecule has 4 heterocycles. The van der Waals surface area contributed by atoms with Gasteiger partial charge in [-0.2, -0.15) is 5.26 Å². The minimum atomic E-state index is -0.848. The minimum Gasteiger partial charge on any atom is -0.391 e. The van der Waals surface area contributed by atoms with Crippen LogP contribution in [0.1, 0.15) is 136 Å².